The zero-order chi connectivity index (χ0) is 21.9. The predicted molar refractivity (Wildman–Crippen MR) is 128 cm³/mol. The predicted octanol–water partition coefficient (Wildman–Crippen LogP) is 5.71. The second-order valence-corrected chi connectivity index (χ2v) is 9.74. The molecule has 0 aliphatic rings. The van der Waals surface area contributed by atoms with Gasteiger partial charge in [-0.05, 0) is 48.5 Å². The minimum atomic E-state index is -0.371. The van der Waals surface area contributed by atoms with Crippen molar-refractivity contribution in [3.8, 4) is 11.1 Å². The van der Waals surface area contributed by atoms with E-state index in [0.29, 0.717) is 15.2 Å². The van der Waals surface area contributed by atoms with Crippen LogP contribution in [0.15, 0.2) is 69.9 Å². The van der Waals surface area contributed by atoms with Crippen LogP contribution in [-0.4, -0.2) is 31.2 Å². The van der Waals surface area contributed by atoms with E-state index in [2.05, 4.69) is 41.2 Å². The first-order chi connectivity index (χ1) is 15.7. The summed E-state index contributed by atoms with van der Waals surface area (Å²) < 4.78 is 0.669. The number of thiophene rings is 1. The fourth-order valence-corrected chi connectivity index (χ4v) is 5.70. The van der Waals surface area contributed by atoms with Crippen molar-refractivity contribution in [3.05, 3.63) is 66.1 Å². The van der Waals surface area contributed by atoms with Gasteiger partial charge in [0.1, 0.15) is 16.2 Å². The summed E-state index contributed by atoms with van der Waals surface area (Å²) in [6.45, 7) is 1.99. The highest BCUT2D eigenvalue weighted by molar-refractivity contribution is 8.01. The molecule has 11 heteroatoms. The van der Waals surface area contributed by atoms with Crippen LogP contribution in [0.3, 0.4) is 0 Å². The topological polar surface area (TPSA) is 106 Å². The lowest BCUT2D eigenvalue weighted by molar-refractivity contribution is 0.262. The van der Waals surface area contributed by atoms with Gasteiger partial charge >= 0.3 is 6.03 Å². The Morgan fingerprint density at radius 3 is 2.62 bits per heavy atom. The molecule has 4 heterocycles. The molecule has 0 saturated heterocycles. The molecule has 5 aromatic rings. The Labute approximate surface area is 195 Å². The number of nitrogens with zero attached hydrogens (tertiary/aromatic N) is 5. The molecule has 4 aromatic heterocycles. The van der Waals surface area contributed by atoms with Crippen molar-refractivity contribution < 1.29 is 4.79 Å². The van der Waals surface area contributed by atoms with E-state index in [1.54, 1.807) is 30.1 Å². The first-order valence-electron chi connectivity index (χ1n) is 9.44. The van der Waals surface area contributed by atoms with Crippen molar-refractivity contribution >= 4 is 61.5 Å². The summed E-state index contributed by atoms with van der Waals surface area (Å²) in [5.41, 5.74) is 3.93. The second kappa shape index (κ2) is 8.99. The lowest BCUT2D eigenvalue weighted by Crippen LogP contribution is -2.19. The Kier molecular flexibility index (Phi) is 5.75. The first kappa shape index (κ1) is 20.5. The molecular weight excluding hydrogens is 462 g/mol. The Bertz CT molecular complexity index is 1380. The summed E-state index contributed by atoms with van der Waals surface area (Å²) >= 11 is 4.25. The molecule has 8 nitrogen and oxygen atoms in total. The molecule has 0 atom stereocenters. The SMILES string of the molecule is Cc1ccc(NC(=O)Nc2nnc(Sc3ncnc4scc(-c5ccncc5)c34)s2)cc1. The largest absolute Gasteiger partial charge is 0.325 e. The van der Waals surface area contributed by atoms with Crippen LogP contribution in [0.25, 0.3) is 21.3 Å². The summed E-state index contributed by atoms with van der Waals surface area (Å²) in [5.74, 6) is 0. The first-order valence-corrected chi connectivity index (χ1v) is 12.0. The van der Waals surface area contributed by atoms with E-state index in [0.717, 1.165) is 31.9 Å². The van der Waals surface area contributed by atoms with Crippen molar-refractivity contribution in [2.45, 2.75) is 16.3 Å². The molecule has 0 radical (unpaired) electrons. The molecule has 0 aliphatic heterocycles. The van der Waals surface area contributed by atoms with E-state index in [9.17, 15) is 4.79 Å². The monoisotopic (exact) mass is 477 g/mol. The van der Waals surface area contributed by atoms with Gasteiger partial charge in [0.25, 0.3) is 0 Å². The number of carbonyl (C=O) groups excluding carboxylic acids is 1. The van der Waals surface area contributed by atoms with Crippen molar-refractivity contribution in [3.63, 3.8) is 0 Å². The Hall–Kier alpha value is -3.41. The van der Waals surface area contributed by atoms with Gasteiger partial charge in [-0.15, -0.1) is 21.5 Å². The third kappa shape index (κ3) is 4.44. The maximum atomic E-state index is 12.3. The number of benzene rings is 1. The molecule has 0 aliphatic carbocycles. The standard InChI is InChI=1S/C21H15N7OS3/c1-12-2-4-14(5-3-12)25-19(29)26-20-27-28-21(32-20)31-18-16-15(13-6-8-22-9-7-13)10-30-17(16)23-11-24-18/h2-11H,1H3,(H2,25,26,27,29). The summed E-state index contributed by atoms with van der Waals surface area (Å²) in [6.07, 6.45) is 5.08. The number of hydrogen-bond donors (Lipinski definition) is 2. The molecule has 1 aromatic carbocycles. The molecule has 2 N–H and O–H groups in total. The summed E-state index contributed by atoms with van der Waals surface area (Å²) in [7, 11) is 0. The lowest BCUT2D eigenvalue weighted by atomic mass is 10.1. The molecule has 2 amide bonds. The molecular formula is C21H15N7OS3. The van der Waals surface area contributed by atoms with Crippen LogP contribution in [0.2, 0.25) is 0 Å². The highest BCUT2D eigenvalue weighted by atomic mass is 32.2. The van der Waals surface area contributed by atoms with Crippen LogP contribution >= 0.6 is 34.4 Å². The normalized spacial score (nSPS) is 10.9. The molecule has 0 bridgehead atoms. The Morgan fingerprint density at radius 2 is 1.81 bits per heavy atom. The number of pyridine rings is 1. The number of nitrogens with one attached hydrogen (secondary N) is 2. The fourth-order valence-electron chi connectivity index (χ4n) is 2.95. The Balaban J connectivity index is 1.34. The average Bonchev–Trinajstić information content (AvgIpc) is 3.43. The van der Waals surface area contributed by atoms with Gasteiger partial charge in [0, 0.05) is 29.0 Å². The van der Waals surface area contributed by atoms with E-state index >= 15 is 0 Å². The minimum Gasteiger partial charge on any atom is -0.308 e. The zero-order valence-corrected chi connectivity index (χ0v) is 19.1. The minimum absolute atomic E-state index is 0.371. The van der Waals surface area contributed by atoms with Gasteiger partial charge < -0.3 is 5.32 Å². The van der Waals surface area contributed by atoms with Gasteiger partial charge in [-0.25, -0.2) is 14.8 Å². The number of aryl methyl sites for hydroxylation is 1. The number of hydrogen-bond acceptors (Lipinski definition) is 9. The molecule has 0 saturated carbocycles. The van der Waals surface area contributed by atoms with Crippen LogP contribution in [-0.2, 0) is 0 Å². The van der Waals surface area contributed by atoms with Crippen molar-refractivity contribution in [1.82, 2.24) is 25.1 Å². The van der Waals surface area contributed by atoms with E-state index in [4.69, 9.17) is 0 Å². The van der Waals surface area contributed by atoms with Crippen molar-refractivity contribution in [2.24, 2.45) is 0 Å². The van der Waals surface area contributed by atoms with Gasteiger partial charge in [0.15, 0.2) is 4.34 Å². The lowest BCUT2D eigenvalue weighted by Gasteiger charge is -2.05. The highest BCUT2D eigenvalue weighted by Crippen LogP contribution is 2.40. The zero-order valence-electron chi connectivity index (χ0n) is 16.6. The van der Waals surface area contributed by atoms with Crippen LogP contribution in [0, 0.1) is 6.92 Å². The summed E-state index contributed by atoms with van der Waals surface area (Å²) in [5, 5.41) is 18.0. The van der Waals surface area contributed by atoms with Gasteiger partial charge in [0.05, 0.1) is 5.39 Å². The number of urea groups is 1. The number of anilines is 2. The summed E-state index contributed by atoms with van der Waals surface area (Å²) in [4.78, 5) is 26.1. The van der Waals surface area contributed by atoms with Crippen LogP contribution in [0.1, 0.15) is 5.56 Å². The van der Waals surface area contributed by atoms with Crippen molar-refractivity contribution in [2.75, 3.05) is 10.6 Å². The van der Waals surface area contributed by atoms with Crippen LogP contribution in [0.5, 0.6) is 0 Å². The second-order valence-electron chi connectivity index (χ2n) is 6.66. The van der Waals surface area contributed by atoms with Crippen LogP contribution < -0.4 is 10.6 Å². The molecule has 0 fully saturated rings. The third-order valence-electron chi connectivity index (χ3n) is 4.45. The van der Waals surface area contributed by atoms with Crippen molar-refractivity contribution in [1.29, 1.82) is 0 Å². The highest BCUT2D eigenvalue weighted by Gasteiger charge is 2.16. The number of fused-ring (bicyclic) bond motifs is 1. The van der Waals surface area contributed by atoms with Crippen LogP contribution in [0.4, 0.5) is 15.6 Å². The van der Waals surface area contributed by atoms with E-state index in [1.165, 1.54) is 23.1 Å². The van der Waals surface area contributed by atoms with E-state index in [1.807, 2.05) is 43.3 Å². The van der Waals surface area contributed by atoms with Gasteiger partial charge in [0.2, 0.25) is 5.13 Å². The molecule has 5 rings (SSSR count). The third-order valence-corrected chi connectivity index (χ3v) is 7.23. The molecule has 32 heavy (non-hydrogen) atoms. The smallest absolute Gasteiger partial charge is 0.308 e. The maximum Gasteiger partial charge on any atom is 0.325 e. The molecule has 0 spiro atoms. The van der Waals surface area contributed by atoms with Gasteiger partial charge in [-0.2, -0.15) is 0 Å². The molecule has 158 valence electrons. The van der Waals surface area contributed by atoms with E-state index in [-0.39, 0.29) is 6.03 Å². The van der Waals surface area contributed by atoms with Gasteiger partial charge in [-0.3, -0.25) is 10.3 Å². The quantitative estimate of drug-likeness (QED) is 0.247. The molecule has 0 unspecified atom stereocenters. The summed E-state index contributed by atoms with van der Waals surface area (Å²) in [6, 6.07) is 11.1. The van der Waals surface area contributed by atoms with E-state index < -0.39 is 0 Å². The van der Waals surface area contributed by atoms with Gasteiger partial charge in [-0.1, -0.05) is 29.0 Å². The number of rotatable bonds is 5. The number of amides is 2. The number of carbonyl (C=O) groups is 1. The average molecular weight is 478 g/mol. The number of aromatic nitrogens is 5. The Morgan fingerprint density at radius 1 is 1.00 bits per heavy atom. The maximum absolute atomic E-state index is 12.3. The fraction of sp³-hybridized carbons (Fsp3) is 0.0476.